The number of thiophene rings is 1. The molecule has 1 unspecified atom stereocenters. The van der Waals surface area contributed by atoms with Gasteiger partial charge in [0.15, 0.2) is 14.4 Å². The van der Waals surface area contributed by atoms with Gasteiger partial charge in [0, 0.05) is 17.3 Å². The summed E-state index contributed by atoms with van der Waals surface area (Å²) >= 11 is 1.58. The lowest BCUT2D eigenvalue weighted by Gasteiger charge is -2.39. The number of benzene rings is 1. The first-order valence-corrected chi connectivity index (χ1v) is 15.8. The van der Waals surface area contributed by atoms with Crippen LogP contribution in [0.1, 0.15) is 48.5 Å². The van der Waals surface area contributed by atoms with Gasteiger partial charge in [-0.3, -0.25) is 9.78 Å². The van der Waals surface area contributed by atoms with E-state index in [4.69, 9.17) is 9.16 Å². The molecule has 3 aromatic rings. The number of carbonyl (C=O) groups is 2. The number of methoxy groups -OCH3 is 1. The molecule has 0 bridgehead atoms. The number of aromatic nitrogens is 1. The highest BCUT2D eigenvalue weighted by Crippen LogP contribution is 2.37. The van der Waals surface area contributed by atoms with Crippen LogP contribution in [0.4, 0.5) is 0 Å². The predicted molar refractivity (Wildman–Crippen MR) is 151 cm³/mol. The van der Waals surface area contributed by atoms with Crippen LogP contribution >= 0.6 is 11.3 Å². The Bertz CT molecular complexity index is 1290. The van der Waals surface area contributed by atoms with Crippen molar-refractivity contribution in [2.45, 2.75) is 58.0 Å². The van der Waals surface area contributed by atoms with Gasteiger partial charge in [-0.25, -0.2) is 4.79 Å². The van der Waals surface area contributed by atoms with E-state index in [2.05, 4.69) is 56.0 Å². The minimum absolute atomic E-state index is 0.0358. The molecule has 0 aliphatic carbocycles. The monoisotopic (exact) mass is 534 g/mol. The highest BCUT2D eigenvalue weighted by Gasteiger charge is 2.41. The highest BCUT2D eigenvalue weighted by atomic mass is 32.1. The zero-order valence-corrected chi connectivity index (χ0v) is 24.2. The van der Waals surface area contributed by atoms with Crippen LogP contribution in [0.25, 0.3) is 10.6 Å². The van der Waals surface area contributed by atoms with Crippen LogP contribution in [-0.2, 0) is 14.0 Å². The molecular formula is C29H34N2O4SSi. The van der Waals surface area contributed by atoms with Crippen LogP contribution in [0.3, 0.4) is 0 Å². The molecule has 8 heteroatoms. The minimum atomic E-state index is -2.16. The van der Waals surface area contributed by atoms with Crippen molar-refractivity contribution >= 4 is 31.5 Å². The van der Waals surface area contributed by atoms with Crippen LogP contribution in [0, 0.1) is 11.8 Å². The van der Waals surface area contributed by atoms with Crippen molar-refractivity contribution < 1.29 is 18.8 Å². The molecule has 3 rings (SSSR count). The maximum Gasteiger partial charge on any atom is 0.331 e. The number of hydrogen-bond donors (Lipinski definition) is 1. The van der Waals surface area contributed by atoms with Crippen LogP contribution in [-0.4, -0.2) is 44.4 Å². The minimum Gasteiger partial charge on any atom is -0.467 e. The summed E-state index contributed by atoms with van der Waals surface area (Å²) in [7, 11) is -0.853. The molecule has 37 heavy (non-hydrogen) atoms. The highest BCUT2D eigenvalue weighted by molar-refractivity contribution is 7.16. The molecular weight excluding hydrogens is 500 g/mol. The van der Waals surface area contributed by atoms with E-state index in [1.807, 2.05) is 30.3 Å². The molecule has 0 saturated carbocycles. The summed E-state index contributed by atoms with van der Waals surface area (Å²) in [6, 6.07) is 15.9. The van der Waals surface area contributed by atoms with Gasteiger partial charge in [0.05, 0.1) is 28.7 Å². The Labute approximate surface area is 224 Å². The van der Waals surface area contributed by atoms with Gasteiger partial charge in [0.25, 0.3) is 5.91 Å². The first-order valence-electron chi connectivity index (χ1n) is 12.1. The van der Waals surface area contributed by atoms with Crippen LogP contribution in [0.5, 0.6) is 0 Å². The lowest BCUT2D eigenvalue weighted by Crippen LogP contribution is -2.54. The molecule has 0 fully saturated rings. The van der Waals surface area contributed by atoms with Gasteiger partial charge in [-0.15, -0.1) is 11.3 Å². The molecule has 194 valence electrons. The maximum absolute atomic E-state index is 13.0. The Morgan fingerprint density at radius 2 is 1.73 bits per heavy atom. The van der Waals surface area contributed by atoms with Crippen molar-refractivity contribution in [1.29, 1.82) is 0 Å². The van der Waals surface area contributed by atoms with Crippen molar-refractivity contribution in [3.05, 3.63) is 76.8 Å². The third-order valence-corrected chi connectivity index (χ3v) is 12.1. The van der Waals surface area contributed by atoms with Crippen LogP contribution < -0.4 is 5.32 Å². The van der Waals surface area contributed by atoms with Gasteiger partial charge in [-0.2, -0.15) is 0 Å². The lowest BCUT2D eigenvalue weighted by atomic mass is 10.1. The zero-order chi connectivity index (χ0) is 27.2. The number of pyridine rings is 1. The maximum atomic E-state index is 13.0. The third kappa shape index (κ3) is 7.38. The molecule has 1 aromatic carbocycles. The zero-order valence-electron chi connectivity index (χ0n) is 22.4. The van der Waals surface area contributed by atoms with Crippen LogP contribution in [0.15, 0.2) is 60.8 Å². The van der Waals surface area contributed by atoms with E-state index in [9.17, 15) is 9.59 Å². The topological polar surface area (TPSA) is 77.5 Å². The van der Waals surface area contributed by atoms with Crippen molar-refractivity contribution in [3.8, 4) is 22.4 Å². The number of ether oxygens (including phenoxy) is 1. The molecule has 6 nitrogen and oxygen atoms in total. The second kappa shape index (κ2) is 11.9. The second-order valence-corrected chi connectivity index (χ2v) is 16.1. The average Bonchev–Trinajstić information content (AvgIpc) is 3.34. The molecule has 2 aromatic heterocycles. The Balaban J connectivity index is 1.69. The number of amides is 1. The summed E-state index contributed by atoms with van der Waals surface area (Å²) in [6.45, 7) is 12.4. The van der Waals surface area contributed by atoms with Crippen LogP contribution in [0.2, 0.25) is 18.1 Å². The lowest BCUT2D eigenvalue weighted by molar-refractivity contribution is -0.145. The molecule has 2 atom stereocenters. The van der Waals surface area contributed by atoms with Crippen molar-refractivity contribution in [1.82, 2.24) is 10.3 Å². The SMILES string of the molecule is COC(=O)[C@@H](NC(=O)c1ccc(C#Cc2ccc(-c3ccccn3)s2)cc1)C(C)O[Si](C)(C)C(C)(C)C. The number of hydrogen-bond acceptors (Lipinski definition) is 6. The molecule has 2 heterocycles. The van der Waals surface area contributed by atoms with Crippen molar-refractivity contribution in [2.24, 2.45) is 0 Å². The number of carbonyl (C=O) groups excluding carboxylic acids is 2. The van der Waals surface area contributed by atoms with E-state index in [1.165, 1.54) is 7.11 Å². The fraction of sp³-hybridized carbons (Fsp3) is 0.345. The molecule has 1 N–H and O–H groups in total. The van der Waals surface area contributed by atoms with Crippen molar-refractivity contribution in [3.63, 3.8) is 0 Å². The quantitative estimate of drug-likeness (QED) is 0.232. The van der Waals surface area contributed by atoms with Crippen molar-refractivity contribution in [2.75, 3.05) is 7.11 Å². The Hall–Kier alpha value is -3.25. The molecule has 1 amide bonds. The average molecular weight is 535 g/mol. The second-order valence-electron chi connectivity index (χ2n) is 10.3. The summed E-state index contributed by atoms with van der Waals surface area (Å²) in [4.78, 5) is 31.8. The van der Waals surface area contributed by atoms with Gasteiger partial charge in [0.2, 0.25) is 0 Å². The fourth-order valence-electron chi connectivity index (χ4n) is 3.32. The van der Waals surface area contributed by atoms with Gasteiger partial charge in [-0.1, -0.05) is 38.7 Å². The fourth-order valence-corrected chi connectivity index (χ4v) is 5.57. The Kier molecular flexibility index (Phi) is 9.08. The largest absolute Gasteiger partial charge is 0.467 e. The Morgan fingerprint density at radius 3 is 2.32 bits per heavy atom. The third-order valence-electron chi connectivity index (χ3n) is 6.50. The molecule has 0 aliphatic rings. The van der Waals surface area contributed by atoms with E-state index >= 15 is 0 Å². The van der Waals surface area contributed by atoms with E-state index in [0.717, 1.165) is 21.0 Å². The smallest absolute Gasteiger partial charge is 0.331 e. The number of esters is 1. The molecule has 0 aliphatic heterocycles. The number of rotatable bonds is 7. The summed E-state index contributed by atoms with van der Waals surface area (Å²) in [5, 5.41) is 2.76. The van der Waals surface area contributed by atoms with E-state index in [0.29, 0.717) is 5.56 Å². The van der Waals surface area contributed by atoms with Gasteiger partial charge in [-0.05, 0) is 73.6 Å². The summed E-state index contributed by atoms with van der Waals surface area (Å²) in [6.07, 6.45) is 1.23. The summed E-state index contributed by atoms with van der Waals surface area (Å²) < 4.78 is 11.3. The summed E-state index contributed by atoms with van der Waals surface area (Å²) in [5.41, 5.74) is 2.13. The molecule has 0 saturated heterocycles. The Morgan fingerprint density at radius 1 is 1.03 bits per heavy atom. The predicted octanol–water partition coefficient (Wildman–Crippen LogP) is 5.89. The van der Waals surface area contributed by atoms with E-state index in [-0.39, 0.29) is 10.9 Å². The molecule has 0 radical (unpaired) electrons. The van der Waals surface area contributed by atoms with Gasteiger partial charge in [0.1, 0.15) is 0 Å². The number of nitrogens with zero attached hydrogens (tertiary/aromatic N) is 1. The number of nitrogens with one attached hydrogen (secondary N) is 1. The first kappa shape index (κ1) is 28.3. The van der Waals surface area contributed by atoms with E-state index in [1.54, 1.807) is 48.7 Å². The molecule has 0 spiro atoms. The van der Waals surface area contributed by atoms with Gasteiger partial charge < -0.3 is 14.5 Å². The van der Waals surface area contributed by atoms with Gasteiger partial charge >= 0.3 is 5.97 Å². The first-order chi connectivity index (χ1) is 17.4. The normalized spacial score (nSPS) is 13.2. The standard InChI is InChI=1S/C29H34N2O4SSi/c1-20(35-37(6,7)29(2,3)4)26(28(33)34-5)31-27(32)22-14-11-21(12-15-22)13-16-23-17-18-25(36-23)24-10-8-9-19-30-24/h8-12,14-15,17-20,26H,1-7H3,(H,31,32)/t20?,26-/m0/s1. The summed E-state index contributed by atoms with van der Waals surface area (Å²) in [5.74, 6) is 5.39. The van der Waals surface area contributed by atoms with E-state index < -0.39 is 26.4 Å².